The van der Waals surface area contributed by atoms with Gasteiger partial charge in [0.1, 0.15) is 17.7 Å². The molecule has 0 unspecified atom stereocenters. The first-order chi connectivity index (χ1) is 11.4. The molecule has 1 aliphatic heterocycles. The number of nitrogens with one attached hydrogen (secondary N) is 1. The van der Waals surface area contributed by atoms with Crippen molar-refractivity contribution in [2.45, 2.75) is 38.3 Å². The Morgan fingerprint density at radius 1 is 1.50 bits per heavy atom. The van der Waals surface area contributed by atoms with E-state index in [-0.39, 0.29) is 5.91 Å². The number of nitrogens with zero attached hydrogens (tertiary/aromatic N) is 5. The molecule has 2 heterocycles. The average molecular weight is 328 g/mol. The average Bonchev–Trinajstić information content (AvgIpc) is 3.39. The number of nitriles is 1. The minimum atomic E-state index is -0.733. The number of amides is 1. The molecule has 2 aliphatic rings. The summed E-state index contributed by atoms with van der Waals surface area (Å²) in [4.78, 5) is 25.2. The van der Waals surface area contributed by atoms with Gasteiger partial charge in [-0.15, -0.1) is 0 Å². The lowest BCUT2D eigenvalue weighted by Crippen LogP contribution is -2.50. The summed E-state index contributed by atoms with van der Waals surface area (Å²) in [6.45, 7) is 3.57. The fraction of sp³-hybridized carbons (Fsp3) is 0.647. The monoisotopic (exact) mass is 328 g/mol. The van der Waals surface area contributed by atoms with Crippen molar-refractivity contribution in [3.63, 3.8) is 0 Å². The van der Waals surface area contributed by atoms with E-state index in [0.717, 1.165) is 42.9 Å². The molecule has 1 amide bonds. The first-order valence-electron chi connectivity index (χ1n) is 8.37. The van der Waals surface area contributed by atoms with Crippen molar-refractivity contribution < 1.29 is 4.79 Å². The van der Waals surface area contributed by atoms with E-state index in [1.165, 1.54) is 0 Å². The highest BCUT2D eigenvalue weighted by atomic mass is 16.2. The first kappa shape index (κ1) is 16.7. The number of fused-ring (bicyclic) bond motifs is 1. The lowest BCUT2D eigenvalue weighted by molar-refractivity contribution is -0.123. The predicted octanol–water partition coefficient (Wildman–Crippen LogP) is 0.709. The second-order valence-electron chi connectivity index (χ2n) is 7.11. The molecule has 128 valence electrons. The maximum Gasteiger partial charge on any atom is 0.235 e. The van der Waals surface area contributed by atoms with Crippen molar-refractivity contribution in [1.82, 2.24) is 20.2 Å². The van der Waals surface area contributed by atoms with Crippen molar-refractivity contribution >= 4 is 11.7 Å². The Morgan fingerprint density at radius 3 is 2.88 bits per heavy atom. The number of hydrogen-bond acceptors (Lipinski definition) is 6. The van der Waals surface area contributed by atoms with Gasteiger partial charge in [-0.25, -0.2) is 9.97 Å². The zero-order valence-corrected chi connectivity index (χ0v) is 14.5. The molecule has 1 fully saturated rings. The van der Waals surface area contributed by atoms with Crippen LogP contribution in [0.2, 0.25) is 0 Å². The van der Waals surface area contributed by atoms with Gasteiger partial charge < -0.3 is 10.2 Å². The van der Waals surface area contributed by atoms with Crippen LogP contribution in [0.4, 0.5) is 5.82 Å². The topological polar surface area (TPSA) is 85.2 Å². The standard InChI is InChI=1S/C17H24N6O/c1-17(10-18,12-4-5-12)21-15(24)9-23-7-6-14-13(8-23)16(22(2)3)20-11-19-14/h11-12H,4-9H2,1-3H3,(H,21,24)/t17-/m1/s1. The van der Waals surface area contributed by atoms with Gasteiger partial charge in [-0.3, -0.25) is 9.69 Å². The Bertz CT molecular complexity index is 678. The summed E-state index contributed by atoms with van der Waals surface area (Å²) < 4.78 is 0. The van der Waals surface area contributed by atoms with Gasteiger partial charge in [0.2, 0.25) is 5.91 Å². The van der Waals surface area contributed by atoms with E-state index < -0.39 is 5.54 Å². The summed E-state index contributed by atoms with van der Waals surface area (Å²) in [7, 11) is 3.92. The minimum absolute atomic E-state index is 0.0855. The maximum atomic E-state index is 12.4. The van der Waals surface area contributed by atoms with E-state index in [1.807, 2.05) is 25.9 Å². The molecule has 0 radical (unpaired) electrons. The molecule has 0 spiro atoms. The minimum Gasteiger partial charge on any atom is -0.362 e. The predicted molar refractivity (Wildman–Crippen MR) is 90.2 cm³/mol. The Balaban J connectivity index is 1.66. The van der Waals surface area contributed by atoms with Crippen LogP contribution in [-0.2, 0) is 17.8 Å². The van der Waals surface area contributed by atoms with E-state index in [9.17, 15) is 10.1 Å². The number of carbonyl (C=O) groups is 1. The van der Waals surface area contributed by atoms with Crippen molar-refractivity contribution in [3.8, 4) is 6.07 Å². The fourth-order valence-corrected chi connectivity index (χ4v) is 3.32. The third-order valence-corrected chi connectivity index (χ3v) is 4.87. The second-order valence-corrected chi connectivity index (χ2v) is 7.11. The Kier molecular flexibility index (Phi) is 4.41. The number of rotatable bonds is 5. The molecule has 0 bridgehead atoms. The van der Waals surface area contributed by atoms with Crippen LogP contribution in [0.1, 0.15) is 31.0 Å². The number of hydrogen-bond donors (Lipinski definition) is 1. The summed E-state index contributed by atoms with van der Waals surface area (Å²) in [6.07, 6.45) is 4.45. The highest BCUT2D eigenvalue weighted by Crippen LogP contribution is 2.39. The molecule has 7 nitrogen and oxygen atoms in total. The molecule has 3 rings (SSSR count). The van der Waals surface area contributed by atoms with Crippen LogP contribution in [0.25, 0.3) is 0 Å². The molecule has 1 saturated carbocycles. The van der Waals surface area contributed by atoms with Gasteiger partial charge in [0, 0.05) is 39.2 Å². The van der Waals surface area contributed by atoms with E-state index in [4.69, 9.17) is 0 Å². The SMILES string of the molecule is CN(C)c1ncnc2c1CN(CC(=O)N[C@](C)(C#N)C1CC1)CC2. The highest BCUT2D eigenvalue weighted by Gasteiger charge is 2.43. The van der Waals surface area contributed by atoms with Crippen molar-refractivity contribution in [2.24, 2.45) is 5.92 Å². The van der Waals surface area contributed by atoms with Crippen LogP contribution in [0.15, 0.2) is 6.33 Å². The molecule has 1 aromatic rings. The molecule has 1 aliphatic carbocycles. The normalized spacial score (nSPS) is 19.8. The third-order valence-electron chi connectivity index (χ3n) is 4.87. The number of carbonyl (C=O) groups excluding carboxylic acids is 1. The van der Waals surface area contributed by atoms with Gasteiger partial charge in [-0.05, 0) is 25.7 Å². The summed E-state index contributed by atoms with van der Waals surface area (Å²) in [5, 5.41) is 12.3. The van der Waals surface area contributed by atoms with Crippen molar-refractivity contribution in [3.05, 3.63) is 17.6 Å². The second kappa shape index (κ2) is 6.36. The van der Waals surface area contributed by atoms with Crippen molar-refractivity contribution in [2.75, 3.05) is 32.1 Å². The number of anilines is 1. The summed E-state index contributed by atoms with van der Waals surface area (Å²) in [6, 6.07) is 2.27. The largest absolute Gasteiger partial charge is 0.362 e. The van der Waals surface area contributed by atoms with Crippen LogP contribution < -0.4 is 10.2 Å². The zero-order valence-electron chi connectivity index (χ0n) is 14.5. The molecule has 1 atom stereocenters. The Hall–Kier alpha value is -2.20. The maximum absolute atomic E-state index is 12.4. The van der Waals surface area contributed by atoms with Gasteiger partial charge in [-0.1, -0.05) is 0 Å². The smallest absolute Gasteiger partial charge is 0.235 e. The van der Waals surface area contributed by atoms with Gasteiger partial charge in [0.15, 0.2) is 0 Å². The van der Waals surface area contributed by atoms with E-state index >= 15 is 0 Å². The summed E-state index contributed by atoms with van der Waals surface area (Å²) in [5.41, 5.74) is 1.42. The molecule has 7 heteroatoms. The molecular formula is C17H24N6O. The summed E-state index contributed by atoms with van der Waals surface area (Å²) in [5.74, 6) is 1.12. The van der Waals surface area contributed by atoms with Crippen LogP contribution in [0.3, 0.4) is 0 Å². The summed E-state index contributed by atoms with van der Waals surface area (Å²) >= 11 is 0. The van der Waals surface area contributed by atoms with E-state index in [2.05, 4.69) is 26.3 Å². The number of aromatic nitrogens is 2. The molecule has 0 aromatic carbocycles. The van der Waals surface area contributed by atoms with Crippen LogP contribution in [0.5, 0.6) is 0 Å². The quantitative estimate of drug-likeness (QED) is 0.857. The lowest BCUT2D eigenvalue weighted by Gasteiger charge is -2.31. The molecule has 1 aromatic heterocycles. The third kappa shape index (κ3) is 3.34. The van der Waals surface area contributed by atoms with Gasteiger partial charge in [0.05, 0.1) is 18.3 Å². The highest BCUT2D eigenvalue weighted by molar-refractivity contribution is 5.79. The van der Waals surface area contributed by atoms with Gasteiger partial charge in [-0.2, -0.15) is 5.26 Å². The van der Waals surface area contributed by atoms with E-state index in [1.54, 1.807) is 6.33 Å². The Morgan fingerprint density at radius 2 is 2.25 bits per heavy atom. The van der Waals surface area contributed by atoms with Gasteiger partial charge >= 0.3 is 0 Å². The molecular weight excluding hydrogens is 304 g/mol. The molecule has 24 heavy (non-hydrogen) atoms. The van der Waals surface area contributed by atoms with Crippen molar-refractivity contribution in [1.29, 1.82) is 5.26 Å². The molecule has 0 saturated heterocycles. The van der Waals surface area contributed by atoms with Crippen LogP contribution >= 0.6 is 0 Å². The van der Waals surface area contributed by atoms with Gasteiger partial charge in [0.25, 0.3) is 0 Å². The molecule has 1 N–H and O–H groups in total. The first-order valence-corrected chi connectivity index (χ1v) is 8.37. The lowest BCUT2D eigenvalue weighted by atomic mass is 9.98. The zero-order chi connectivity index (χ0) is 17.3. The van der Waals surface area contributed by atoms with Crippen LogP contribution in [-0.4, -0.2) is 53.5 Å². The van der Waals surface area contributed by atoms with E-state index in [0.29, 0.717) is 19.0 Å². The van der Waals surface area contributed by atoms with Crippen LogP contribution in [0, 0.1) is 17.2 Å². The Labute approximate surface area is 142 Å². The fourth-order valence-electron chi connectivity index (χ4n) is 3.32.